The molecule has 0 aliphatic heterocycles. The van der Waals surface area contributed by atoms with E-state index in [0.717, 1.165) is 15.7 Å². The number of nitrogens with zero attached hydrogens (tertiary/aromatic N) is 1. The first-order chi connectivity index (χ1) is 9.51. The van der Waals surface area contributed by atoms with Crippen LogP contribution in [0.1, 0.15) is 22.8 Å². The quantitative estimate of drug-likeness (QED) is 0.863. The summed E-state index contributed by atoms with van der Waals surface area (Å²) in [5.41, 5.74) is 8.98. The molecule has 2 rings (SSSR count). The predicted molar refractivity (Wildman–Crippen MR) is 87.1 cm³/mol. The van der Waals surface area contributed by atoms with Gasteiger partial charge in [0.2, 0.25) is 0 Å². The number of anilines is 2. The standard InChI is InChI=1S/C16H17BrN2O/c1-3-19(15-6-4-5-11(2)7-15)16(20)12-8-13(17)10-14(18)9-12/h4-10H,3,18H2,1-2H3. The highest BCUT2D eigenvalue weighted by atomic mass is 79.9. The van der Waals surface area contributed by atoms with E-state index in [-0.39, 0.29) is 5.91 Å². The van der Waals surface area contributed by atoms with Gasteiger partial charge < -0.3 is 10.6 Å². The first-order valence-corrected chi connectivity index (χ1v) is 7.25. The van der Waals surface area contributed by atoms with Crippen molar-refractivity contribution in [2.75, 3.05) is 17.2 Å². The van der Waals surface area contributed by atoms with Crippen molar-refractivity contribution in [3.8, 4) is 0 Å². The summed E-state index contributed by atoms with van der Waals surface area (Å²) < 4.78 is 0.807. The Hall–Kier alpha value is -1.81. The fraction of sp³-hybridized carbons (Fsp3) is 0.188. The Balaban J connectivity index is 2.38. The van der Waals surface area contributed by atoms with Crippen LogP contribution in [0.2, 0.25) is 0 Å². The van der Waals surface area contributed by atoms with Gasteiger partial charge in [0, 0.05) is 28.0 Å². The van der Waals surface area contributed by atoms with Gasteiger partial charge in [-0.1, -0.05) is 28.1 Å². The number of nitrogen functional groups attached to an aromatic ring is 1. The zero-order valence-electron chi connectivity index (χ0n) is 11.6. The number of aryl methyl sites for hydroxylation is 1. The van der Waals surface area contributed by atoms with Crippen LogP contribution in [-0.2, 0) is 0 Å². The van der Waals surface area contributed by atoms with Crippen LogP contribution in [0.4, 0.5) is 11.4 Å². The van der Waals surface area contributed by atoms with E-state index in [9.17, 15) is 4.79 Å². The first-order valence-electron chi connectivity index (χ1n) is 6.46. The number of carbonyl (C=O) groups is 1. The second-order valence-electron chi connectivity index (χ2n) is 4.66. The SMILES string of the molecule is CCN(C(=O)c1cc(N)cc(Br)c1)c1cccc(C)c1. The van der Waals surface area contributed by atoms with Crippen molar-refractivity contribution in [3.05, 3.63) is 58.1 Å². The molecule has 4 heteroatoms. The van der Waals surface area contributed by atoms with Gasteiger partial charge in [-0.3, -0.25) is 4.79 Å². The Labute approximate surface area is 127 Å². The van der Waals surface area contributed by atoms with Crippen LogP contribution in [0.5, 0.6) is 0 Å². The third-order valence-corrected chi connectivity index (χ3v) is 3.50. The number of rotatable bonds is 3. The molecule has 0 saturated heterocycles. The van der Waals surface area contributed by atoms with Crippen molar-refractivity contribution < 1.29 is 4.79 Å². The summed E-state index contributed by atoms with van der Waals surface area (Å²) in [6.45, 7) is 4.58. The Morgan fingerprint density at radius 2 is 2.00 bits per heavy atom. The van der Waals surface area contributed by atoms with Gasteiger partial charge in [-0.2, -0.15) is 0 Å². The molecule has 0 aliphatic rings. The third kappa shape index (κ3) is 3.20. The molecule has 104 valence electrons. The summed E-state index contributed by atoms with van der Waals surface area (Å²) in [5, 5.41) is 0. The van der Waals surface area contributed by atoms with Gasteiger partial charge in [0.15, 0.2) is 0 Å². The number of hydrogen-bond donors (Lipinski definition) is 1. The Bertz CT molecular complexity index is 620. The fourth-order valence-electron chi connectivity index (χ4n) is 2.13. The molecule has 0 aromatic heterocycles. The third-order valence-electron chi connectivity index (χ3n) is 3.04. The van der Waals surface area contributed by atoms with Crippen LogP contribution in [0.25, 0.3) is 0 Å². The van der Waals surface area contributed by atoms with Gasteiger partial charge in [-0.15, -0.1) is 0 Å². The highest BCUT2D eigenvalue weighted by Crippen LogP contribution is 2.22. The topological polar surface area (TPSA) is 46.3 Å². The largest absolute Gasteiger partial charge is 0.399 e. The highest BCUT2D eigenvalue weighted by molar-refractivity contribution is 9.10. The number of amides is 1. The molecular weight excluding hydrogens is 316 g/mol. The number of carbonyl (C=O) groups excluding carboxylic acids is 1. The minimum absolute atomic E-state index is 0.0499. The molecule has 1 amide bonds. The highest BCUT2D eigenvalue weighted by Gasteiger charge is 2.16. The fourth-order valence-corrected chi connectivity index (χ4v) is 2.64. The second-order valence-corrected chi connectivity index (χ2v) is 5.58. The monoisotopic (exact) mass is 332 g/mol. The van der Waals surface area contributed by atoms with Gasteiger partial charge in [-0.05, 0) is 49.7 Å². The first kappa shape index (κ1) is 14.6. The van der Waals surface area contributed by atoms with E-state index in [1.807, 2.05) is 38.1 Å². The molecule has 0 heterocycles. The zero-order chi connectivity index (χ0) is 14.7. The van der Waals surface area contributed by atoms with Crippen molar-refractivity contribution in [1.82, 2.24) is 0 Å². The molecule has 0 radical (unpaired) electrons. The van der Waals surface area contributed by atoms with Gasteiger partial charge in [0.05, 0.1) is 0 Å². The second kappa shape index (κ2) is 6.09. The minimum Gasteiger partial charge on any atom is -0.399 e. The maximum Gasteiger partial charge on any atom is 0.258 e. The van der Waals surface area contributed by atoms with E-state index < -0.39 is 0 Å². The van der Waals surface area contributed by atoms with E-state index in [1.165, 1.54) is 0 Å². The lowest BCUT2D eigenvalue weighted by atomic mass is 10.1. The smallest absolute Gasteiger partial charge is 0.258 e. The molecule has 2 aromatic carbocycles. The minimum atomic E-state index is -0.0499. The average molecular weight is 333 g/mol. The summed E-state index contributed by atoms with van der Waals surface area (Å²) >= 11 is 3.37. The molecule has 2 aromatic rings. The van der Waals surface area contributed by atoms with Crippen LogP contribution < -0.4 is 10.6 Å². The molecule has 0 fully saturated rings. The number of benzene rings is 2. The molecule has 0 atom stereocenters. The van der Waals surface area contributed by atoms with E-state index in [1.54, 1.807) is 23.1 Å². The Morgan fingerprint density at radius 1 is 1.25 bits per heavy atom. The number of hydrogen-bond acceptors (Lipinski definition) is 2. The van der Waals surface area contributed by atoms with Gasteiger partial charge in [-0.25, -0.2) is 0 Å². The Morgan fingerprint density at radius 3 is 2.60 bits per heavy atom. The van der Waals surface area contributed by atoms with Crippen LogP contribution >= 0.6 is 15.9 Å². The van der Waals surface area contributed by atoms with Crippen LogP contribution in [-0.4, -0.2) is 12.5 Å². The molecular formula is C16H17BrN2O. The lowest BCUT2D eigenvalue weighted by Crippen LogP contribution is -2.30. The van der Waals surface area contributed by atoms with Gasteiger partial charge in [0.1, 0.15) is 0 Å². The molecule has 0 saturated carbocycles. The van der Waals surface area contributed by atoms with Crippen molar-refractivity contribution in [1.29, 1.82) is 0 Å². The van der Waals surface area contributed by atoms with Gasteiger partial charge >= 0.3 is 0 Å². The van der Waals surface area contributed by atoms with E-state index >= 15 is 0 Å². The van der Waals surface area contributed by atoms with Crippen molar-refractivity contribution in [3.63, 3.8) is 0 Å². The maximum absolute atomic E-state index is 12.6. The predicted octanol–water partition coefficient (Wildman–Crippen LogP) is 4.01. The molecule has 0 aliphatic carbocycles. The molecule has 3 nitrogen and oxygen atoms in total. The average Bonchev–Trinajstić information content (AvgIpc) is 2.38. The molecule has 20 heavy (non-hydrogen) atoms. The maximum atomic E-state index is 12.6. The van der Waals surface area contributed by atoms with Crippen molar-refractivity contribution in [2.45, 2.75) is 13.8 Å². The van der Waals surface area contributed by atoms with Crippen LogP contribution in [0.3, 0.4) is 0 Å². The number of halogens is 1. The molecule has 0 bridgehead atoms. The van der Waals surface area contributed by atoms with E-state index in [0.29, 0.717) is 17.8 Å². The lowest BCUT2D eigenvalue weighted by Gasteiger charge is -2.22. The lowest BCUT2D eigenvalue weighted by molar-refractivity contribution is 0.0988. The van der Waals surface area contributed by atoms with E-state index in [2.05, 4.69) is 15.9 Å². The molecule has 2 N–H and O–H groups in total. The van der Waals surface area contributed by atoms with E-state index in [4.69, 9.17) is 5.73 Å². The summed E-state index contributed by atoms with van der Waals surface area (Å²) in [7, 11) is 0. The van der Waals surface area contributed by atoms with Crippen LogP contribution in [0, 0.1) is 6.92 Å². The van der Waals surface area contributed by atoms with Crippen molar-refractivity contribution >= 4 is 33.2 Å². The Kier molecular flexibility index (Phi) is 4.45. The summed E-state index contributed by atoms with van der Waals surface area (Å²) in [5.74, 6) is -0.0499. The summed E-state index contributed by atoms with van der Waals surface area (Å²) in [4.78, 5) is 14.4. The van der Waals surface area contributed by atoms with Gasteiger partial charge in [0.25, 0.3) is 5.91 Å². The van der Waals surface area contributed by atoms with Crippen molar-refractivity contribution in [2.24, 2.45) is 0 Å². The normalized spacial score (nSPS) is 10.3. The summed E-state index contributed by atoms with van der Waals surface area (Å²) in [6.07, 6.45) is 0. The molecule has 0 spiro atoms. The summed E-state index contributed by atoms with van der Waals surface area (Å²) in [6, 6.07) is 13.2. The van der Waals surface area contributed by atoms with Crippen LogP contribution in [0.15, 0.2) is 46.9 Å². The number of nitrogens with two attached hydrogens (primary N) is 1. The zero-order valence-corrected chi connectivity index (χ0v) is 13.1. The molecule has 0 unspecified atom stereocenters.